The molecule has 3 heterocycles. The number of amides is 2. The van der Waals surface area contributed by atoms with E-state index in [0.717, 1.165) is 15.8 Å². The van der Waals surface area contributed by atoms with E-state index in [0.29, 0.717) is 36.6 Å². The van der Waals surface area contributed by atoms with Crippen molar-refractivity contribution >= 4 is 17.6 Å². The lowest BCUT2D eigenvalue weighted by molar-refractivity contribution is -0.157. The minimum absolute atomic E-state index is 0.0522. The number of nitrogens with zero attached hydrogens (tertiary/aromatic N) is 3. The molecule has 0 unspecified atom stereocenters. The number of aromatic nitrogens is 2. The zero-order valence-electron chi connectivity index (χ0n) is 23.8. The molecule has 2 atom stereocenters. The summed E-state index contributed by atoms with van der Waals surface area (Å²) in [7, 11) is 1.62. The van der Waals surface area contributed by atoms with Gasteiger partial charge in [-0.15, -0.1) is 0 Å². The Balaban J connectivity index is 1.19. The van der Waals surface area contributed by atoms with Crippen LogP contribution in [-0.2, 0) is 20.7 Å². The fraction of sp³-hybridized carbons (Fsp3) is 0.433. The number of benzene rings is 2. The van der Waals surface area contributed by atoms with Crippen LogP contribution in [0.1, 0.15) is 45.2 Å². The molecule has 1 fully saturated rings. The summed E-state index contributed by atoms with van der Waals surface area (Å²) in [5.41, 5.74) is 1.58. The summed E-state index contributed by atoms with van der Waals surface area (Å²) < 4.78 is 38.5. The Morgan fingerprint density at radius 2 is 1.98 bits per heavy atom. The van der Waals surface area contributed by atoms with E-state index in [1.807, 2.05) is 27.7 Å². The van der Waals surface area contributed by atoms with Gasteiger partial charge in [0.25, 0.3) is 5.91 Å². The maximum Gasteiger partial charge on any atom is 0.342 e. The first kappa shape index (κ1) is 28.6. The van der Waals surface area contributed by atoms with Crippen LogP contribution in [0.4, 0.5) is 14.9 Å². The fourth-order valence-corrected chi connectivity index (χ4v) is 5.23. The van der Waals surface area contributed by atoms with Crippen molar-refractivity contribution in [3.05, 3.63) is 71.8 Å². The van der Waals surface area contributed by atoms with Crippen LogP contribution in [-0.4, -0.2) is 65.5 Å². The van der Waals surface area contributed by atoms with Crippen LogP contribution < -0.4 is 19.7 Å². The molecule has 2 amide bonds. The number of carbonyl (C=O) groups is 2. The lowest BCUT2D eigenvalue weighted by Gasteiger charge is -2.24. The van der Waals surface area contributed by atoms with Crippen LogP contribution in [0.25, 0.3) is 0 Å². The number of hydrogen-bond donors (Lipinski definition) is 1. The summed E-state index contributed by atoms with van der Waals surface area (Å²) in [4.78, 5) is 27.6. The Hall–Kier alpha value is -3.96. The first-order valence-electron chi connectivity index (χ1n) is 13.5. The maximum absolute atomic E-state index is 13.5. The number of nitrogens with one attached hydrogen (secondary N) is 1. The van der Waals surface area contributed by atoms with E-state index < -0.39 is 23.5 Å². The van der Waals surface area contributed by atoms with E-state index in [-0.39, 0.29) is 24.4 Å². The summed E-state index contributed by atoms with van der Waals surface area (Å²) in [6, 6.07) is 9.98. The summed E-state index contributed by atoms with van der Waals surface area (Å²) in [6.45, 7) is 8.14. The monoisotopic (exact) mass is 566 g/mol. The normalized spacial score (nSPS) is 21.1. The highest BCUT2D eigenvalue weighted by molar-refractivity contribution is 6.00. The molecule has 218 valence electrons. The predicted octanol–water partition coefficient (Wildman–Crippen LogP) is 4.29. The molecule has 2 aliphatic rings. The summed E-state index contributed by atoms with van der Waals surface area (Å²) in [5.74, 6) is -0.246. The van der Waals surface area contributed by atoms with Gasteiger partial charge in [-0.05, 0) is 63.1 Å². The Labute approximate surface area is 238 Å². The van der Waals surface area contributed by atoms with Crippen LogP contribution in [0.15, 0.2) is 54.9 Å². The maximum atomic E-state index is 13.5. The molecule has 5 rings (SSSR count). The molecular formula is C30H35FN4O6. The van der Waals surface area contributed by atoms with Gasteiger partial charge in [-0.1, -0.05) is 12.1 Å². The van der Waals surface area contributed by atoms with Crippen molar-refractivity contribution in [2.75, 3.05) is 25.2 Å². The van der Waals surface area contributed by atoms with Crippen LogP contribution in [0.3, 0.4) is 0 Å². The molecule has 1 N–H and O–H groups in total. The minimum Gasteiger partial charge on any atom is -0.493 e. The van der Waals surface area contributed by atoms with Gasteiger partial charge in [-0.25, -0.2) is 9.18 Å². The van der Waals surface area contributed by atoms with Gasteiger partial charge < -0.3 is 29.2 Å². The third kappa shape index (κ3) is 6.52. The number of carbonyl (C=O) groups excluding carboxylic acids is 2. The highest BCUT2D eigenvalue weighted by Crippen LogP contribution is 2.38. The first-order valence-corrected chi connectivity index (χ1v) is 13.5. The number of halogens is 1. The second-order valence-corrected chi connectivity index (χ2v) is 11.3. The molecule has 10 nitrogen and oxygen atoms in total. The SMILES string of the molecule is CN1C(=O)[C@@H](NC(=O)n2cc(Cc3cccc(F)c3)cn2)COc2ccc(OCC[C@@H]3OC(C)(C)OC3(C)C)cc21. The molecule has 2 aromatic carbocycles. The largest absolute Gasteiger partial charge is 0.493 e. The van der Waals surface area contributed by atoms with E-state index in [1.165, 1.54) is 23.2 Å². The van der Waals surface area contributed by atoms with E-state index in [9.17, 15) is 14.0 Å². The number of fused-ring (bicyclic) bond motifs is 1. The number of anilines is 1. The Morgan fingerprint density at radius 1 is 1.17 bits per heavy atom. The highest BCUT2D eigenvalue weighted by Gasteiger charge is 2.46. The average Bonchev–Trinajstić information content (AvgIpc) is 3.42. The van der Waals surface area contributed by atoms with Gasteiger partial charge in [0.05, 0.1) is 30.2 Å². The molecule has 0 saturated carbocycles. The zero-order valence-corrected chi connectivity index (χ0v) is 23.8. The summed E-state index contributed by atoms with van der Waals surface area (Å²) in [5, 5.41) is 6.80. The molecule has 3 aromatic rings. The van der Waals surface area contributed by atoms with Gasteiger partial charge in [-0.2, -0.15) is 9.78 Å². The molecule has 1 saturated heterocycles. The molecule has 0 aliphatic carbocycles. The third-order valence-corrected chi connectivity index (χ3v) is 7.12. The quantitative estimate of drug-likeness (QED) is 0.455. The lowest BCUT2D eigenvalue weighted by atomic mass is 10.00. The van der Waals surface area contributed by atoms with Crippen LogP contribution in [0.5, 0.6) is 11.5 Å². The van der Waals surface area contributed by atoms with Gasteiger partial charge in [0.1, 0.15) is 30.0 Å². The molecule has 1 aromatic heterocycles. The minimum atomic E-state index is -0.940. The molecule has 41 heavy (non-hydrogen) atoms. The van der Waals surface area contributed by atoms with E-state index in [1.54, 1.807) is 43.6 Å². The van der Waals surface area contributed by atoms with Gasteiger partial charge in [0.15, 0.2) is 5.79 Å². The number of hydrogen-bond acceptors (Lipinski definition) is 7. The van der Waals surface area contributed by atoms with Crippen molar-refractivity contribution < 1.29 is 32.9 Å². The van der Waals surface area contributed by atoms with Gasteiger partial charge in [0, 0.05) is 32.2 Å². The highest BCUT2D eigenvalue weighted by atomic mass is 19.1. The Bertz CT molecular complexity index is 1440. The summed E-state index contributed by atoms with van der Waals surface area (Å²) in [6.07, 6.45) is 4.01. The lowest BCUT2D eigenvalue weighted by Crippen LogP contribution is -2.50. The van der Waals surface area contributed by atoms with Crippen molar-refractivity contribution in [1.82, 2.24) is 15.1 Å². The third-order valence-electron chi connectivity index (χ3n) is 7.12. The first-order chi connectivity index (χ1) is 19.4. The number of likely N-dealkylation sites (N-methyl/N-ethyl adjacent to an activating group) is 1. The van der Waals surface area contributed by atoms with Gasteiger partial charge in [0.2, 0.25) is 0 Å². The second-order valence-electron chi connectivity index (χ2n) is 11.3. The van der Waals surface area contributed by atoms with Gasteiger partial charge in [-0.3, -0.25) is 4.79 Å². The van der Waals surface area contributed by atoms with Crippen LogP contribution >= 0.6 is 0 Å². The Morgan fingerprint density at radius 3 is 2.71 bits per heavy atom. The van der Waals surface area contributed by atoms with E-state index >= 15 is 0 Å². The van der Waals surface area contributed by atoms with Crippen LogP contribution in [0.2, 0.25) is 0 Å². The zero-order chi connectivity index (χ0) is 29.4. The second kappa shape index (κ2) is 11.1. The van der Waals surface area contributed by atoms with E-state index in [4.69, 9.17) is 18.9 Å². The smallest absolute Gasteiger partial charge is 0.342 e. The predicted molar refractivity (Wildman–Crippen MR) is 149 cm³/mol. The van der Waals surface area contributed by atoms with Crippen molar-refractivity contribution in [3.63, 3.8) is 0 Å². The number of ether oxygens (including phenoxy) is 4. The van der Waals surface area contributed by atoms with Crippen molar-refractivity contribution in [2.24, 2.45) is 0 Å². The molecular weight excluding hydrogens is 531 g/mol. The van der Waals surface area contributed by atoms with E-state index in [2.05, 4.69) is 10.4 Å². The van der Waals surface area contributed by atoms with Crippen molar-refractivity contribution in [1.29, 1.82) is 0 Å². The van der Waals surface area contributed by atoms with Crippen molar-refractivity contribution in [3.8, 4) is 11.5 Å². The fourth-order valence-electron chi connectivity index (χ4n) is 5.23. The number of rotatable bonds is 7. The Kier molecular flexibility index (Phi) is 7.76. The van der Waals surface area contributed by atoms with Crippen molar-refractivity contribution in [2.45, 2.75) is 64.1 Å². The molecule has 0 radical (unpaired) electrons. The van der Waals surface area contributed by atoms with Gasteiger partial charge >= 0.3 is 6.03 Å². The van der Waals surface area contributed by atoms with Crippen LogP contribution in [0, 0.1) is 5.82 Å². The average molecular weight is 567 g/mol. The summed E-state index contributed by atoms with van der Waals surface area (Å²) >= 11 is 0. The standard InChI is InChI=1S/C30H35FN4O6/c1-29(2)26(40-30(3,4)41-29)11-12-38-22-9-10-25-24(15-22)34(5)27(36)23(18-39-25)33-28(37)35-17-20(16-32-35)13-19-7-6-8-21(31)14-19/h6-10,14-17,23,26H,11-13,18H2,1-5H3,(H,33,37)/t23-,26-/m0/s1. The topological polar surface area (TPSA) is 104 Å². The molecule has 11 heteroatoms. The molecule has 0 bridgehead atoms. The molecule has 0 spiro atoms. The molecule has 2 aliphatic heterocycles.